The topological polar surface area (TPSA) is 24.5 Å². The third kappa shape index (κ3) is 5.71. The minimum absolute atomic E-state index is 0.484. The molecular weight excluding hydrogens is 248 g/mol. The number of ether oxygens (including phenoxy) is 1. The van der Waals surface area contributed by atoms with Crippen molar-refractivity contribution in [2.45, 2.75) is 77.5 Å². The summed E-state index contributed by atoms with van der Waals surface area (Å²) in [5.74, 6) is 0.795. The van der Waals surface area contributed by atoms with Crippen molar-refractivity contribution in [1.82, 2.24) is 10.2 Å². The van der Waals surface area contributed by atoms with Crippen molar-refractivity contribution in [2.24, 2.45) is 5.92 Å². The molecule has 20 heavy (non-hydrogen) atoms. The maximum atomic E-state index is 5.84. The van der Waals surface area contributed by atoms with Crippen molar-refractivity contribution in [3.05, 3.63) is 0 Å². The lowest BCUT2D eigenvalue weighted by atomic mass is 9.92. The fourth-order valence-electron chi connectivity index (χ4n) is 3.48. The van der Waals surface area contributed by atoms with Gasteiger partial charge in [-0.15, -0.1) is 0 Å². The van der Waals surface area contributed by atoms with Crippen LogP contribution in [0.2, 0.25) is 0 Å². The molecule has 0 saturated carbocycles. The summed E-state index contributed by atoms with van der Waals surface area (Å²) in [6, 6.07) is 1.30. The zero-order chi connectivity index (χ0) is 15.0. The van der Waals surface area contributed by atoms with Crippen LogP contribution in [-0.2, 0) is 4.74 Å². The molecule has 1 saturated heterocycles. The molecule has 1 heterocycles. The maximum Gasteiger partial charge on any atom is 0.0589 e. The normalized spacial score (nSPS) is 25.4. The van der Waals surface area contributed by atoms with E-state index in [0.717, 1.165) is 19.1 Å². The van der Waals surface area contributed by atoms with Crippen molar-refractivity contribution in [3.63, 3.8) is 0 Å². The molecule has 0 radical (unpaired) electrons. The molecule has 0 aliphatic carbocycles. The predicted molar refractivity (Wildman–Crippen MR) is 87.2 cm³/mol. The summed E-state index contributed by atoms with van der Waals surface area (Å²) >= 11 is 0. The van der Waals surface area contributed by atoms with E-state index in [4.69, 9.17) is 4.74 Å². The second-order valence-corrected chi connectivity index (χ2v) is 6.52. The molecule has 3 atom stereocenters. The van der Waals surface area contributed by atoms with E-state index in [9.17, 15) is 0 Å². The Balaban J connectivity index is 2.42. The fourth-order valence-corrected chi connectivity index (χ4v) is 3.48. The highest BCUT2D eigenvalue weighted by molar-refractivity contribution is 4.82. The highest BCUT2D eigenvalue weighted by atomic mass is 16.5. The second kappa shape index (κ2) is 9.75. The number of nitrogens with one attached hydrogen (secondary N) is 1. The van der Waals surface area contributed by atoms with Crippen LogP contribution in [0.25, 0.3) is 0 Å². The van der Waals surface area contributed by atoms with E-state index >= 15 is 0 Å². The van der Waals surface area contributed by atoms with Crippen LogP contribution in [0.15, 0.2) is 0 Å². The predicted octanol–water partition coefficient (Wildman–Crippen LogP) is 3.29. The van der Waals surface area contributed by atoms with Crippen molar-refractivity contribution >= 4 is 0 Å². The molecule has 1 N–H and O–H groups in total. The molecule has 1 fully saturated rings. The number of likely N-dealkylation sites (N-methyl/N-ethyl adjacent to an activating group) is 1. The van der Waals surface area contributed by atoms with Crippen molar-refractivity contribution in [2.75, 3.05) is 27.2 Å². The highest BCUT2D eigenvalue weighted by Crippen LogP contribution is 2.20. The van der Waals surface area contributed by atoms with Gasteiger partial charge in [-0.3, -0.25) is 0 Å². The molecule has 3 heteroatoms. The summed E-state index contributed by atoms with van der Waals surface area (Å²) < 4.78 is 5.84. The Bertz CT molecular complexity index is 239. The van der Waals surface area contributed by atoms with Crippen LogP contribution >= 0.6 is 0 Å². The smallest absolute Gasteiger partial charge is 0.0589 e. The van der Waals surface area contributed by atoms with E-state index in [1.807, 2.05) is 0 Å². The lowest BCUT2D eigenvalue weighted by molar-refractivity contribution is -0.00452. The highest BCUT2D eigenvalue weighted by Gasteiger charge is 2.25. The first-order chi connectivity index (χ1) is 9.62. The minimum Gasteiger partial charge on any atom is -0.378 e. The molecular formula is C17H36N2O. The summed E-state index contributed by atoms with van der Waals surface area (Å²) in [5, 5.41) is 3.82. The number of rotatable bonds is 9. The lowest BCUT2D eigenvalue weighted by Gasteiger charge is -2.35. The lowest BCUT2D eigenvalue weighted by Crippen LogP contribution is -2.48. The van der Waals surface area contributed by atoms with Gasteiger partial charge < -0.3 is 15.0 Å². The van der Waals surface area contributed by atoms with Crippen LogP contribution in [0.5, 0.6) is 0 Å². The number of nitrogens with zero attached hydrogens (tertiary/aromatic N) is 1. The van der Waals surface area contributed by atoms with Crippen molar-refractivity contribution < 1.29 is 4.74 Å². The van der Waals surface area contributed by atoms with Gasteiger partial charge in [-0.25, -0.2) is 0 Å². The van der Waals surface area contributed by atoms with E-state index in [2.05, 4.69) is 45.1 Å². The van der Waals surface area contributed by atoms with Crippen LogP contribution in [-0.4, -0.2) is 50.3 Å². The summed E-state index contributed by atoms with van der Waals surface area (Å²) in [4.78, 5) is 2.40. The molecule has 3 nitrogen and oxygen atoms in total. The van der Waals surface area contributed by atoms with E-state index in [1.165, 1.54) is 38.5 Å². The molecule has 1 aliphatic rings. The van der Waals surface area contributed by atoms with Crippen LogP contribution in [0, 0.1) is 5.92 Å². The number of hydrogen-bond donors (Lipinski definition) is 1. The largest absolute Gasteiger partial charge is 0.378 e. The maximum absolute atomic E-state index is 5.84. The Morgan fingerprint density at radius 2 is 1.90 bits per heavy atom. The van der Waals surface area contributed by atoms with E-state index in [0.29, 0.717) is 18.2 Å². The Morgan fingerprint density at radius 3 is 2.45 bits per heavy atom. The first kappa shape index (κ1) is 17.9. The van der Waals surface area contributed by atoms with Crippen molar-refractivity contribution in [1.29, 1.82) is 0 Å². The first-order valence-corrected chi connectivity index (χ1v) is 8.63. The SMILES string of the molecule is CCCC1CC(NCC(C(CC)CC)N(C)C)CCO1. The average Bonchev–Trinajstić information content (AvgIpc) is 2.44. The quantitative estimate of drug-likeness (QED) is 0.703. The Kier molecular flexibility index (Phi) is 8.74. The van der Waals surface area contributed by atoms with Gasteiger partial charge in [-0.2, -0.15) is 0 Å². The van der Waals surface area contributed by atoms with Crippen LogP contribution in [0.4, 0.5) is 0 Å². The summed E-state index contributed by atoms with van der Waals surface area (Å²) in [6.07, 6.45) is 7.82. The Morgan fingerprint density at radius 1 is 1.20 bits per heavy atom. The molecule has 0 amide bonds. The molecule has 120 valence electrons. The van der Waals surface area contributed by atoms with Gasteiger partial charge in [-0.05, 0) is 39.3 Å². The van der Waals surface area contributed by atoms with Crippen LogP contribution in [0.3, 0.4) is 0 Å². The third-order valence-corrected chi connectivity index (χ3v) is 4.85. The summed E-state index contributed by atoms with van der Waals surface area (Å²) in [7, 11) is 4.43. The minimum atomic E-state index is 0.484. The van der Waals surface area contributed by atoms with E-state index in [1.54, 1.807) is 0 Å². The van der Waals surface area contributed by atoms with Gasteiger partial charge in [-0.1, -0.05) is 40.0 Å². The van der Waals surface area contributed by atoms with Crippen LogP contribution < -0.4 is 5.32 Å². The summed E-state index contributed by atoms with van der Waals surface area (Å²) in [6.45, 7) is 8.92. The van der Waals surface area contributed by atoms with E-state index < -0.39 is 0 Å². The zero-order valence-corrected chi connectivity index (χ0v) is 14.3. The molecule has 0 aromatic carbocycles. The molecule has 3 unspecified atom stereocenters. The number of hydrogen-bond acceptors (Lipinski definition) is 3. The van der Waals surface area contributed by atoms with Crippen LogP contribution in [0.1, 0.15) is 59.3 Å². The first-order valence-electron chi connectivity index (χ1n) is 8.63. The average molecular weight is 284 g/mol. The monoisotopic (exact) mass is 284 g/mol. The van der Waals surface area contributed by atoms with Gasteiger partial charge in [0.25, 0.3) is 0 Å². The van der Waals surface area contributed by atoms with E-state index in [-0.39, 0.29) is 0 Å². The third-order valence-electron chi connectivity index (χ3n) is 4.85. The summed E-state index contributed by atoms with van der Waals surface area (Å²) in [5.41, 5.74) is 0. The second-order valence-electron chi connectivity index (χ2n) is 6.52. The van der Waals surface area contributed by atoms with Gasteiger partial charge in [0, 0.05) is 25.2 Å². The fraction of sp³-hybridized carbons (Fsp3) is 1.00. The Hall–Kier alpha value is -0.120. The molecule has 0 bridgehead atoms. The molecule has 0 aromatic rings. The standard InChI is InChI=1S/C17H36N2O/c1-6-9-16-12-15(10-11-20-16)18-13-17(19(4)5)14(7-2)8-3/h14-18H,6-13H2,1-5H3. The van der Waals surface area contributed by atoms with Gasteiger partial charge in [0.15, 0.2) is 0 Å². The zero-order valence-electron chi connectivity index (χ0n) is 14.3. The van der Waals surface area contributed by atoms with Gasteiger partial charge in [0.05, 0.1) is 6.10 Å². The van der Waals surface area contributed by atoms with Gasteiger partial charge in [0.1, 0.15) is 0 Å². The van der Waals surface area contributed by atoms with Gasteiger partial charge >= 0.3 is 0 Å². The van der Waals surface area contributed by atoms with Gasteiger partial charge in [0.2, 0.25) is 0 Å². The molecule has 1 aliphatic heterocycles. The Labute approximate surface area is 126 Å². The molecule has 1 rings (SSSR count). The van der Waals surface area contributed by atoms with Crippen molar-refractivity contribution in [3.8, 4) is 0 Å². The molecule has 0 spiro atoms. The molecule has 0 aromatic heterocycles.